The van der Waals surface area contributed by atoms with Gasteiger partial charge < -0.3 is 0 Å². The van der Waals surface area contributed by atoms with Gasteiger partial charge in [-0.1, -0.05) is 0 Å². The van der Waals surface area contributed by atoms with Gasteiger partial charge in [-0.05, 0) is 0 Å². The molecule has 0 aliphatic carbocycles. The van der Waals surface area contributed by atoms with Crippen molar-refractivity contribution in [2.45, 2.75) is 24.5 Å². The molecule has 0 unspecified atom stereocenters. The molecule has 2 rings (SSSR count). The normalized spacial score (nSPS) is 11.9. The van der Waals surface area contributed by atoms with Crippen LogP contribution in [0.1, 0.15) is 17.0 Å². The molecule has 0 spiro atoms. The van der Waals surface area contributed by atoms with Crippen molar-refractivity contribution in [1.82, 2.24) is 5.16 Å². The summed E-state index contributed by atoms with van der Waals surface area (Å²) in [7, 11) is -3.42. The summed E-state index contributed by atoms with van der Waals surface area (Å²) >= 11 is -0.0762. The summed E-state index contributed by atoms with van der Waals surface area (Å²) in [5.41, 5.74) is 1.18. The standard InChI is InChI=1S/C13H14AsNO3S/c1-9-13(10(2)18-15-9)19(16,17)8-11-4-6-12(14-3)7-5-11/h4-7H,3,8H2,1-2H3. The molecule has 0 saturated carbocycles. The van der Waals surface area contributed by atoms with Crippen LogP contribution in [0.25, 0.3) is 0 Å². The van der Waals surface area contributed by atoms with Gasteiger partial charge in [0.1, 0.15) is 0 Å². The number of aromatic nitrogens is 1. The van der Waals surface area contributed by atoms with Gasteiger partial charge in [0.2, 0.25) is 0 Å². The third kappa shape index (κ3) is 3.04. The molecule has 0 N–H and O–H groups in total. The van der Waals surface area contributed by atoms with E-state index in [1.54, 1.807) is 13.8 Å². The Labute approximate surface area is 119 Å². The van der Waals surface area contributed by atoms with Gasteiger partial charge in [0.15, 0.2) is 0 Å². The third-order valence-corrected chi connectivity index (χ3v) is 6.06. The number of hydrogen-bond acceptors (Lipinski definition) is 4. The van der Waals surface area contributed by atoms with E-state index in [2.05, 4.69) is 10.5 Å². The van der Waals surface area contributed by atoms with E-state index in [1.807, 2.05) is 24.3 Å². The molecule has 0 atom stereocenters. The number of rotatable bonds is 4. The summed E-state index contributed by atoms with van der Waals surface area (Å²) in [4.78, 5) is 0.208. The molecule has 6 heteroatoms. The van der Waals surface area contributed by atoms with E-state index in [0.717, 1.165) is 5.56 Å². The van der Waals surface area contributed by atoms with Crippen molar-refractivity contribution in [3.8, 4) is 0 Å². The zero-order valence-corrected chi connectivity index (χ0v) is 13.4. The van der Waals surface area contributed by atoms with Gasteiger partial charge in [0.05, 0.1) is 0 Å². The molecular weight excluding hydrogens is 325 g/mol. The van der Waals surface area contributed by atoms with Gasteiger partial charge in [0.25, 0.3) is 0 Å². The molecule has 1 aromatic carbocycles. The molecule has 1 heterocycles. The molecule has 0 fully saturated rings. The van der Waals surface area contributed by atoms with Crippen LogP contribution < -0.4 is 4.35 Å². The summed E-state index contributed by atoms with van der Waals surface area (Å²) in [5.74, 6) is 0.306. The first kappa shape index (κ1) is 14.2. The Kier molecular flexibility index (Phi) is 4.07. The van der Waals surface area contributed by atoms with Crippen LogP contribution in [0.3, 0.4) is 0 Å². The van der Waals surface area contributed by atoms with E-state index in [4.69, 9.17) is 4.52 Å². The van der Waals surface area contributed by atoms with Crippen LogP contribution in [0.15, 0.2) is 33.7 Å². The number of sulfone groups is 1. The first-order chi connectivity index (χ1) is 8.94. The molecule has 2 aromatic rings. The molecule has 0 amide bonds. The molecule has 1 aromatic heterocycles. The Morgan fingerprint density at radius 2 is 1.89 bits per heavy atom. The van der Waals surface area contributed by atoms with E-state index in [-0.39, 0.29) is 26.0 Å². The van der Waals surface area contributed by atoms with Crippen LogP contribution in [0, 0.1) is 13.8 Å². The van der Waals surface area contributed by atoms with Crippen molar-refractivity contribution in [1.29, 1.82) is 0 Å². The second-order valence-electron chi connectivity index (χ2n) is 4.24. The summed E-state index contributed by atoms with van der Waals surface area (Å²) in [6.45, 7) is 3.25. The maximum atomic E-state index is 12.4. The molecule has 0 radical (unpaired) electrons. The van der Waals surface area contributed by atoms with Crippen molar-refractivity contribution in [2.24, 2.45) is 0 Å². The van der Waals surface area contributed by atoms with Crippen molar-refractivity contribution < 1.29 is 12.9 Å². The predicted molar refractivity (Wildman–Crippen MR) is 75.8 cm³/mol. The Morgan fingerprint density at radius 3 is 2.37 bits per heavy atom. The second-order valence-corrected chi connectivity index (χ2v) is 7.91. The first-order valence-electron chi connectivity index (χ1n) is 5.65. The van der Waals surface area contributed by atoms with Crippen molar-refractivity contribution in [3.63, 3.8) is 0 Å². The third-order valence-electron chi connectivity index (χ3n) is 2.75. The molecule has 4 nitrogen and oxygen atoms in total. The van der Waals surface area contributed by atoms with Crippen LogP contribution in [0.5, 0.6) is 0 Å². The Bertz CT molecular complexity index is 682. The molecule has 19 heavy (non-hydrogen) atoms. The van der Waals surface area contributed by atoms with E-state index in [1.165, 1.54) is 4.35 Å². The molecule has 0 saturated heterocycles. The van der Waals surface area contributed by atoms with Crippen LogP contribution in [-0.4, -0.2) is 34.2 Å². The fourth-order valence-corrected chi connectivity index (χ4v) is 4.40. The second kappa shape index (κ2) is 5.43. The summed E-state index contributed by atoms with van der Waals surface area (Å²) in [6.07, 6.45) is 0. The summed E-state index contributed by atoms with van der Waals surface area (Å²) in [6, 6.07) is 7.55. The van der Waals surface area contributed by atoms with Gasteiger partial charge in [-0.3, -0.25) is 0 Å². The molecule has 0 bridgehead atoms. The van der Waals surface area contributed by atoms with Crippen molar-refractivity contribution in [3.05, 3.63) is 41.3 Å². The zero-order chi connectivity index (χ0) is 14.0. The van der Waals surface area contributed by atoms with Crippen LogP contribution in [0.4, 0.5) is 0 Å². The molecular formula is C13H14AsNO3S. The van der Waals surface area contributed by atoms with E-state index in [9.17, 15) is 8.42 Å². The number of benzene rings is 1. The van der Waals surface area contributed by atoms with Crippen molar-refractivity contribution >= 4 is 34.8 Å². The van der Waals surface area contributed by atoms with Crippen molar-refractivity contribution in [2.75, 3.05) is 0 Å². The van der Waals surface area contributed by atoms with Gasteiger partial charge in [-0.2, -0.15) is 0 Å². The Morgan fingerprint density at radius 1 is 1.26 bits per heavy atom. The maximum absolute atomic E-state index is 12.4. The minimum absolute atomic E-state index is 0.0379. The van der Waals surface area contributed by atoms with Crippen LogP contribution >= 0.6 is 0 Å². The Balaban J connectivity index is 2.33. The van der Waals surface area contributed by atoms with Crippen LogP contribution in [0.2, 0.25) is 0 Å². The van der Waals surface area contributed by atoms with E-state index >= 15 is 0 Å². The summed E-state index contributed by atoms with van der Waals surface area (Å²) in [5, 5.41) is 7.57. The summed E-state index contributed by atoms with van der Waals surface area (Å²) < 4.78 is 30.8. The average molecular weight is 339 g/mol. The zero-order valence-electron chi connectivity index (χ0n) is 10.8. The van der Waals surface area contributed by atoms with Gasteiger partial charge in [-0.25, -0.2) is 0 Å². The topological polar surface area (TPSA) is 60.2 Å². The number of aryl methyl sites for hydroxylation is 2. The predicted octanol–water partition coefficient (Wildman–Crippen LogP) is 1.03. The molecule has 100 valence electrons. The van der Waals surface area contributed by atoms with E-state index in [0.29, 0.717) is 11.5 Å². The fraction of sp³-hybridized carbons (Fsp3) is 0.231. The first-order valence-corrected chi connectivity index (χ1v) is 9.57. The average Bonchev–Trinajstić information content (AvgIpc) is 2.70. The molecule has 0 aliphatic rings. The quantitative estimate of drug-likeness (QED) is 0.781. The van der Waals surface area contributed by atoms with Gasteiger partial charge in [-0.15, -0.1) is 0 Å². The van der Waals surface area contributed by atoms with Gasteiger partial charge >= 0.3 is 119 Å². The van der Waals surface area contributed by atoms with E-state index < -0.39 is 9.84 Å². The van der Waals surface area contributed by atoms with Gasteiger partial charge in [0, 0.05) is 0 Å². The Hall–Kier alpha value is -1.19. The number of nitrogens with zero attached hydrogens (tertiary/aromatic N) is 1. The minimum atomic E-state index is -3.42. The molecule has 0 aliphatic heterocycles. The fourth-order valence-electron chi connectivity index (χ4n) is 1.91. The van der Waals surface area contributed by atoms with Crippen LogP contribution in [-0.2, 0) is 15.6 Å². The monoisotopic (exact) mass is 339 g/mol. The SMILES string of the molecule is C=[As]c1ccc(CS(=O)(=O)c2c(C)noc2C)cc1. The number of hydrogen-bond donors (Lipinski definition) is 0.